The number of benzene rings is 1. The smallest absolute Gasteiger partial charge is 0.211 e. The van der Waals surface area contributed by atoms with E-state index in [-0.39, 0.29) is 0 Å². The van der Waals surface area contributed by atoms with Gasteiger partial charge in [-0.1, -0.05) is 28.1 Å². The van der Waals surface area contributed by atoms with Crippen LogP contribution in [0.5, 0.6) is 0 Å². The highest BCUT2D eigenvalue weighted by molar-refractivity contribution is 9.10. The molecule has 0 aliphatic rings. The van der Waals surface area contributed by atoms with E-state index in [2.05, 4.69) is 20.9 Å². The van der Waals surface area contributed by atoms with Crippen LogP contribution in [0.2, 0.25) is 0 Å². The molecule has 62 valence electrons. The topological polar surface area (TPSA) is 29.4 Å². The van der Waals surface area contributed by atoms with Crippen molar-refractivity contribution in [3.63, 3.8) is 0 Å². The monoisotopic (exact) mass is 225 g/mol. The SMILES string of the molecule is O=C=NCCc1cccc(Br)c1. The summed E-state index contributed by atoms with van der Waals surface area (Å²) in [6, 6.07) is 7.95. The summed E-state index contributed by atoms with van der Waals surface area (Å²) in [7, 11) is 0. The predicted molar refractivity (Wildman–Crippen MR) is 50.8 cm³/mol. The van der Waals surface area contributed by atoms with E-state index < -0.39 is 0 Å². The molecule has 0 saturated carbocycles. The van der Waals surface area contributed by atoms with Gasteiger partial charge in [0.25, 0.3) is 0 Å². The van der Waals surface area contributed by atoms with Gasteiger partial charge in [-0.15, -0.1) is 0 Å². The predicted octanol–water partition coefficient (Wildman–Crippen LogP) is 2.33. The summed E-state index contributed by atoms with van der Waals surface area (Å²) in [5.74, 6) is 0. The highest BCUT2D eigenvalue weighted by atomic mass is 79.9. The van der Waals surface area contributed by atoms with E-state index in [4.69, 9.17) is 0 Å². The van der Waals surface area contributed by atoms with E-state index in [0.29, 0.717) is 6.54 Å². The lowest BCUT2D eigenvalue weighted by atomic mass is 10.2. The zero-order valence-corrected chi connectivity index (χ0v) is 8.04. The van der Waals surface area contributed by atoms with Crippen LogP contribution in [0, 0.1) is 0 Å². The summed E-state index contributed by atoms with van der Waals surface area (Å²) >= 11 is 3.36. The molecule has 1 rings (SSSR count). The molecule has 12 heavy (non-hydrogen) atoms. The zero-order valence-electron chi connectivity index (χ0n) is 6.46. The molecule has 0 bridgehead atoms. The van der Waals surface area contributed by atoms with Crippen LogP contribution in [0.15, 0.2) is 33.7 Å². The number of carbonyl (C=O) groups excluding carboxylic acids is 1. The number of nitrogens with zero attached hydrogens (tertiary/aromatic N) is 1. The van der Waals surface area contributed by atoms with E-state index >= 15 is 0 Å². The fourth-order valence-electron chi connectivity index (χ4n) is 0.923. The first-order valence-electron chi connectivity index (χ1n) is 3.61. The van der Waals surface area contributed by atoms with Crippen LogP contribution in [0.4, 0.5) is 0 Å². The molecule has 1 aromatic rings. The third-order valence-electron chi connectivity index (χ3n) is 1.47. The molecule has 0 radical (unpaired) electrons. The first-order chi connectivity index (χ1) is 5.83. The van der Waals surface area contributed by atoms with E-state index in [1.807, 2.05) is 24.3 Å². The lowest BCUT2D eigenvalue weighted by molar-refractivity contribution is 0.563. The second-order valence-corrected chi connectivity index (χ2v) is 3.27. The third kappa shape index (κ3) is 2.99. The van der Waals surface area contributed by atoms with Crippen LogP contribution in [-0.4, -0.2) is 12.6 Å². The van der Waals surface area contributed by atoms with Gasteiger partial charge in [0, 0.05) is 4.47 Å². The van der Waals surface area contributed by atoms with Crippen LogP contribution in [0.1, 0.15) is 5.56 Å². The van der Waals surface area contributed by atoms with Gasteiger partial charge in [0.2, 0.25) is 6.08 Å². The number of aliphatic imine (C=N–C) groups is 1. The molecule has 0 N–H and O–H groups in total. The van der Waals surface area contributed by atoms with Gasteiger partial charge in [-0.05, 0) is 24.1 Å². The van der Waals surface area contributed by atoms with Gasteiger partial charge >= 0.3 is 0 Å². The Morgan fingerprint density at radius 2 is 2.33 bits per heavy atom. The van der Waals surface area contributed by atoms with Crippen molar-refractivity contribution in [2.24, 2.45) is 4.99 Å². The molecule has 0 spiro atoms. The molecule has 0 atom stereocenters. The van der Waals surface area contributed by atoms with Gasteiger partial charge in [-0.3, -0.25) is 0 Å². The lowest BCUT2D eigenvalue weighted by Gasteiger charge is -1.96. The van der Waals surface area contributed by atoms with Crippen molar-refractivity contribution in [2.45, 2.75) is 6.42 Å². The average Bonchev–Trinajstić information content (AvgIpc) is 2.05. The summed E-state index contributed by atoms with van der Waals surface area (Å²) in [4.78, 5) is 13.2. The van der Waals surface area contributed by atoms with Crippen molar-refractivity contribution in [1.29, 1.82) is 0 Å². The molecule has 2 nitrogen and oxygen atoms in total. The van der Waals surface area contributed by atoms with Gasteiger partial charge in [0.05, 0.1) is 6.54 Å². The Balaban J connectivity index is 2.57. The largest absolute Gasteiger partial charge is 0.234 e. The molecular weight excluding hydrogens is 218 g/mol. The van der Waals surface area contributed by atoms with Crippen LogP contribution < -0.4 is 0 Å². The molecule has 0 amide bonds. The van der Waals surface area contributed by atoms with Gasteiger partial charge in [0.1, 0.15) is 0 Å². The quantitative estimate of drug-likeness (QED) is 0.574. The van der Waals surface area contributed by atoms with Crippen molar-refractivity contribution in [1.82, 2.24) is 0 Å². The number of halogens is 1. The lowest BCUT2D eigenvalue weighted by Crippen LogP contribution is -1.88. The average molecular weight is 226 g/mol. The minimum atomic E-state index is 0.514. The Kier molecular flexibility index (Phi) is 3.71. The van der Waals surface area contributed by atoms with Crippen molar-refractivity contribution in [3.05, 3.63) is 34.3 Å². The van der Waals surface area contributed by atoms with Crippen molar-refractivity contribution >= 4 is 22.0 Å². The van der Waals surface area contributed by atoms with Gasteiger partial charge in [0.15, 0.2) is 0 Å². The number of hydrogen-bond acceptors (Lipinski definition) is 2. The second kappa shape index (κ2) is 4.86. The number of rotatable bonds is 3. The van der Waals surface area contributed by atoms with Crippen molar-refractivity contribution in [2.75, 3.05) is 6.54 Å². The number of hydrogen-bond donors (Lipinski definition) is 0. The Labute approximate surface area is 79.5 Å². The van der Waals surface area contributed by atoms with Crippen LogP contribution in [-0.2, 0) is 11.2 Å². The molecule has 3 heteroatoms. The molecule has 0 aliphatic heterocycles. The summed E-state index contributed by atoms with van der Waals surface area (Å²) in [5.41, 5.74) is 1.17. The molecule has 0 aromatic heterocycles. The molecule has 0 fully saturated rings. The fourth-order valence-corrected chi connectivity index (χ4v) is 1.37. The third-order valence-corrected chi connectivity index (χ3v) is 1.96. The van der Waals surface area contributed by atoms with Crippen LogP contribution in [0.3, 0.4) is 0 Å². The summed E-state index contributed by atoms with van der Waals surface area (Å²) < 4.78 is 1.05. The Hall–Kier alpha value is -0.920. The van der Waals surface area contributed by atoms with Gasteiger partial charge < -0.3 is 0 Å². The van der Waals surface area contributed by atoms with E-state index in [1.165, 1.54) is 11.6 Å². The van der Waals surface area contributed by atoms with E-state index in [1.54, 1.807) is 0 Å². The summed E-state index contributed by atoms with van der Waals surface area (Å²) in [5, 5.41) is 0. The highest BCUT2D eigenvalue weighted by Gasteiger charge is 1.91. The van der Waals surface area contributed by atoms with Crippen molar-refractivity contribution in [3.8, 4) is 0 Å². The maximum Gasteiger partial charge on any atom is 0.234 e. The Morgan fingerprint density at radius 1 is 1.50 bits per heavy atom. The van der Waals surface area contributed by atoms with Crippen molar-refractivity contribution < 1.29 is 4.79 Å². The zero-order chi connectivity index (χ0) is 8.81. The maximum absolute atomic E-state index is 9.76. The molecule has 0 heterocycles. The van der Waals surface area contributed by atoms with E-state index in [9.17, 15) is 4.79 Å². The maximum atomic E-state index is 9.76. The van der Waals surface area contributed by atoms with Crippen LogP contribution >= 0.6 is 15.9 Å². The molecule has 1 aromatic carbocycles. The van der Waals surface area contributed by atoms with Gasteiger partial charge in [-0.2, -0.15) is 0 Å². The molecule has 0 unspecified atom stereocenters. The van der Waals surface area contributed by atoms with Gasteiger partial charge in [-0.25, -0.2) is 9.79 Å². The van der Waals surface area contributed by atoms with E-state index in [0.717, 1.165) is 10.9 Å². The minimum Gasteiger partial charge on any atom is -0.211 e. The molecule has 0 saturated heterocycles. The fraction of sp³-hybridized carbons (Fsp3) is 0.222. The highest BCUT2D eigenvalue weighted by Crippen LogP contribution is 2.11. The Bertz CT molecular complexity index is 305. The molecule has 0 aliphatic carbocycles. The number of isocyanates is 1. The van der Waals surface area contributed by atoms with Crippen LogP contribution in [0.25, 0.3) is 0 Å². The summed E-state index contributed by atoms with van der Waals surface area (Å²) in [6.45, 7) is 0.514. The first-order valence-corrected chi connectivity index (χ1v) is 4.40. The molecular formula is C9H8BrNO. The standard InChI is InChI=1S/C9H8BrNO/c10-9-3-1-2-8(6-9)4-5-11-7-12/h1-3,6H,4-5H2. The first kappa shape index (κ1) is 9.17. The Morgan fingerprint density at radius 3 is 3.00 bits per heavy atom. The normalized spacial score (nSPS) is 9.08. The minimum absolute atomic E-state index is 0.514. The summed E-state index contributed by atoms with van der Waals surface area (Å²) in [6.07, 6.45) is 2.30. The second-order valence-electron chi connectivity index (χ2n) is 2.35.